The van der Waals surface area contributed by atoms with Gasteiger partial charge in [0.2, 0.25) is 5.91 Å². The number of rotatable bonds is 4. The second-order valence-corrected chi connectivity index (χ2v) is 6.60. The molecule has 0 saturated carbocycles. The van der Waals surface area contributed by atoms with Crippen molar-refractivity contribution in [1.29, 1.82) is 0 Å². The number of thiophene rings is 1. The molecular weight excluding hydrogens is 360 g/mol. The SMILES string of the molecule is O=C(Nc1cccc(F)c1F)[C@H]1C(O)NC[C@@H]1c1cc(C(F)F)cs1. The number of carbonyl (C=O) groups excluding carboxylic acids is 1. The van der Waals surface area contributed by atoms with Crippen molar-refractivity contribution in [2.24, 2.45) is 5.92 Å². The third-order valence-electron chi connectivity index (χ3n) is 4.09. The number of nitrogens with one attached hydrogen (secondary N) is 2. The van der Waals surface area contributed by atoms with Crippen molar-refractivity contribution in [2.45, 2.75) is 18.6 Å². The van der Waals surface area contributed by atoms with Crippen molar-refractivity contribution in [2.75, 3.05) is 11.9 Å². The Morgan fingerprint density at radius 3 is 2.80 bits per heavy atom. The number of hydrogen-bond donors (Lipinski definition) is 3. The predicted molar refractivity (Wildman–Crippen MR) is 84.5 cm³/mol. The summed E-state index contributed by atoms with van der Waals surface area (Å²) in [5, 5.41) is 16.3. The van der Waals surface area contributed by atoms with Crippen LogP contribution in [0.1, 0.15) is 22.8 Å². The first-order chi connectivity index (χ1) is 11.9. The number of alkyl halides is 2. The van der Waals surface area contributed by atoms with E-state index in [0.717, 1.165) is 17.4 Å². The van der Waals surface area contributed by atoms with Gasteiger partial charge in [-0.05, 0) is 23.6 Å². The van der Waals surface area contributed by atoms with Gasteiger partial charge < -0.3 is 10.4 Å². The average Bonchev–Trinajstić information content (AvgIpc) is 3.18. The number of anilines is 1. The molecule has 1 unspecified atom stereocenters. The lowest BCUT2D eigenvalue weighted by Gasteiger charge is -2.20. The zero-order chi connectivity index (χ0) is 18.1. The molecule has 3 atom stereocenters. The first kappa shape index (κ1) is 17.8. The molecule has 1 amide bonds. The molecule has 2 aromatic rings. The van der Waals surface area contributed by atoms with E-state index in [9.17, 15) is 27.5 Å². The van der Waals surface area contributed by atoms with Gasteiger partial charge in [0.05, 0.1) is 11.6 Å². The Balaban J connectivity index is 1.82. The van der Waals surface area contributed by atoms with Crippen LogP contribution in [0.3, 0.4) is 0 Å². The molecule has 134 valence electrons. The molecule has 0 radical (unpaired) electrons. The number of benzene rings is 1. The molecule has 2 heterocycles. The fourth-order valence-electron chi connectivity index (χ4n) is 2.82. The van der Waals surface area contributed by atoms with Crippen molar-refractivity contribution in [3.63, 3.8) is 0 Å². The molecule has 1 fully saturated rings. The van der Waals surface area contributed by atoms with Gasteiger partial charge in [-0.15, -0.1) is 11.3 Å². The minimum absolute atomic E-state index is 0.156. The van der Waals surface area contributed by atoms with E-state index in [1.165, 1.54) is 23.6 Å². The normalized spacial score (nSPS) is 23.2. The van der Waals surface area contributed by atoms with E-state index in [0.29, 0.717) is 4.88 Å². The highest BCUT2D eigenvalue weighted by Crippen LogP contribution is 2.37. The Hall–Kier alpha value is -1.97. The van der Waals surface area contributed by atoms with Gasteiger partial charge in [0, 0.05) is 22.9 Å². The number of aliphatic hydroxyl groups is 1. The van der Waals surface area contributed by atoms with E-state index in [2.05, 4.69) is 10.6 Å². The summed E-state index contributed by atoms with van der Waals surface area (Å²) in [4.78, 5) is 13.0. The summed E-state index contributed by atoms with van der Waals surface area (Å²) in [5.41, 5.74) is -0.501. The third kappa shape index (κ3) is 3.53. The molecule has 25 heavy (non-hydrogen) atoms. The summed E-state index contributed by atoms with van der Waals surface area (Å²) >= 11 is 1.07. The topological polar surface area (TPSA) is 61.4 Å². The van der Waals surface area contributed by atoms with E-state index >= 15 is 0 Å². The lowest BCUT2D eigenvalue weighted by atomic mass is 9.92. The van der Waals surface area contributed by atoms with Crippen molar-refractivity contribution in [3.8, 4) is 0 Å². The molecule has 3 N–H and O–H groups in total. The Morgan fingerprint density at radius 2 is 2.12 bits per heavy atom. The molecule has 1 aromatic heterocycles. The maximum absolute atomic E-state index is 13.7. The summed E-state index contributed by atoms with van der Waals surface area (Å²) < 4.78 is 52.5. The summed E-state index contributed by atoms with van der Waals surface area (Å²) in [7, 11) is 0. The molecule has 0 aliphatic carbocycles. The lowest BCUT2D eigenvalue weighted by Crippen LogP contribution is -2.35. The fourth-order valence-corrected chi connectivity index (χ4v) is 3.87. The second-order valence-electron chi connectivity index (χ2n) is 5.66. The number of halogens is 4. The minimum atomic E-state index is -2.63. The standard InChI is InChI=1S/C16H14F4N2O2S/c17-9-2-1-3-10(13(9)18)22-16(24)12-8(5-21-15(12)23)11-4-7(6-25-11)14(19)20/h1-4,6,8,12,14-15,21,23H,5H2,(H,22,24)/t8-,12-,15?/m1/s1. The summed E-state index contributed by atoms with van der Waals surface area (Å²) in [6, 6.07) is 4.64. The number of carbonyl (C=O) groups is 1. The van der Waals surface area contributed by atoms with Gasteiger partial charge in [0.25, 0.3) is 6.43 Å². The van der Waals surface area contributed by atoms with Crippen LogP contribution < -0.4 is 10.6 Å². The first-order valence-electron chi connectivity index (χ1n) is 7.41. The Bertz CT molecular complexity index is 783. The molecule has 0 spiro atoms. The molecule has 1 saturated heterocycles. The average molecular weight is 374 g/mol. The Morgan fingerprint density at radius 1 is 1.36 bits per heavy atom. The van der Waals surface area contributed by atoms with Crippen molar-refractivity contribution in [3.05, 3.63) is 51.7 Å². The van der Waals surface area contributed by atoms with Gasteiger partial charge in [-0.1, -0.05) is 6.07 Å². The Kier molecular flexibility index (Phi) is 5.07. The summed E-state index contributed by atoms with van der Waals surface area (Å²) in [5.74, 6) is -4.61. The maximum Gasteiger partial charge on any atom is 0.264 e. The van der Waals surface area contributed by atoms with Gasteiger partial charge in [0.1, 0.15) is 6.23 Å². The third-order valence-corrected chi connectivity index (χ3v) is 5.17. The summed E-state index contributed by atoms with van der Waals surface area (Å²) in [6.07, 6.45) is -3.85. The van der Waals surface area contributed by atoms with Crippen LogP contribution in [0, 0.1) is 17.6 Å². The predicted octanol–water partition coefficient (Wildman–Crippen LogP) is 3.22. The Labute approximate surface area is 144 Å². The van der Waals surface area contributed by atoms with Crippen molar-refractivity contribution in [1.82, 2.24) is 5.32 Å². The number of aliphatic hydroxyl groups excluding tert-OH is 1. The smallest absolute Gasteiger partial charge is 0.264 e. The van der Waals surface area contributed by atoms with Crippen LogP contribution in [0.25, 0.3) is 0 Å². The highest BCUT2D eigenvalue weighted by atomic mass is 32.1. The molecule has 1 aliphatic rings. The molecule has 9 heteroatoms. The van der Waals surface area contributed by atoms with E-state index in [-0.39, 0.29) is 17.8 Å². The second kappa shape index (κ2) is 7.11. The molecule has 3 rings (SSSR count). The zero-order valence-electron chi connectivity index (χ0n) is 12.7. The maximum atomic E-state index is 13.7. The van der Waals surface area contributed by atoms with Crippen LogP contribution in [0.4, 0.5) is 23.2 Å². The highest BCUT2D eigenvalue weighted by molar-refractivity contribution is 7.10. The molecule has 1 aliphatic heterocycles. The van der Waals surface area contributed by atoms with Gasteiger partial charge in [0.15, 0.2) is 11.6 Å². The van der Waals surface area contributed by atoms with Crippen LogP contribution in [0.15, 0.2) is 29.6 Å². The molecule has 4 nitrogen and oxygen atoms in total. The van der Waals surface area contributed by atoms with E-state index in [1.54, 1.807) is 0 Å². The van der Waals surface area contributed by atoms with Gasteiger partial charge >= 0.3 is 0 Å². The van der Waals surface area contributed by atoms with Gasteiger partial charge in [-0.25, -0.2) is 17.6 Å². The molecule has 0 bridgehead atoms. The van der Waals surface area contributed by atoms with E-state index < -0.39 is 42.0 Å². The lowest BCUT2D eigenvalue weighted by molar-refractivity contribution is -0.123. The number of amides is 1. The van der Waals surface area contributed by atoms with Crippen LogP contribution in [0.2, 0.25) is 0 Å². The summed E-state index contributed by atoms with van der Waals surface area (Å²) in [6.45, 7) is 0.202. The molecule has 1 aromatic carbocycles. The highest BCUT2D eigenvalue weighted by Gasteiger charge is 2.42. The van der Waals surface area contributed by atoms with E-state index in [4.69, 9.17) is 0 Å². The van der Waals surface area contributed by atoms with E-state index in [1.807, 2.05) is 0 Å². The number of hydrogen-bond acceptors (Lipinski definition) is 4. The van der Waals surface area contributed by atoms with Crippen molar-refractivity contribution >= 4 is 22.9 Å². The fraction of sp³-hybridized carbons (Fsp3) is 0.312. The van der Waals surface area contributed by atoms with Crippen molar-refractivity contribution < 1.29 is 27.5 Å². The van der Waals surface area contributed by atoms with Crippen LogP contribution >= 0.6 is 11.3 Å². The minimum Gasteiger partial charge on any atom is -0.378 e. The van der Waals surface area contributed by atoms with Crippen LogP contribution in [-0.4, -0.2) is 23.8 Å². The first-order valence-corrected chi connectivity index (χ1v) is 8.29. The molecular formula is C16H14F4N2O2S. The van der Waals surface area contributed by atoms with Gasteiger partial charge in [-0.3, -0.25) is 10.1 Å². The van der Waals surface area contributed by atoms with Gasteiger partial charge in [-0.2, -0.15) is 0 Å². The van der Waals surface area contributed by atoms with Crippen LogP contribution in [-0.2, 0) is 4.79 Å². The monoisotopic (exact) mass is 374 g/mol. The quantitative estimate of drug-likeness (QED) is 0.720. The largest absolute Gasteiger partial charge is 0.378 e. The zero-order valence-corrected chi connectivity index (χ0v) is 13.5. The van der Waals surface area contributed by atoms with Crippen LogP contribution in [0.5, 0.6) is 0 Å².